The molecule has 5 rings (SSSR count). The quantitative estimate of drug-likeness (QED) is 0.215. The number of hydrogen-bond donors (Lipinski definition) is 0. The van der Waals surface area contributed by atoms with Gasteiger partial charge in [0.25, 0.3) is 0 Å². The second-order valence-electron chi connectivity index (χ2n) is 9.81. The Morgan fingerprint density at radius 3 is 1.58 bits per heavy atom. The van der Waals surface area contributed by atoms with Gasteiger partial charge in [-0.1, -0.05) is 121 Å². The molecule has 3 aromatic carbocycles. The van der Waals surface area contributed by atoms with Crippen LogP contribution in [-0.4, -0.2) is 49.2 Å². The molecule has 1 aromatic heterocycles. The van der Waals surface area contributed by atoms with Crippen LogP contribution in [0.3, 0.4) is 0 Å². The molecule has 3 atom stereocenters. The van der Waals surface area contributed by atoms with E-state index in [0.717, 1.165) is 19.1 Å². The first-order valence-corrected chi connectivity index (χ1v) is 19.8. The van der Waals surface area contributed by atoms with Crippen LogP contribution in [0.5, 0.6) is 0 Å². The average Bonchev–Trinajstić information content (AvgIpc) is 3.49. The highest BCUT2D eigenvalue weighted by Crippen LogP contribution is 2.43. The summed E-state index contributed by atoms with van der Waals surface area (Å²) in [5.41, 5.74) is 1.42. The maximum atomic E-state index is 5.36. The zero-order chi connectivity index (χ0) is 25.8. The summed E-state index contributed by atoms with van der Waals surface area (Å²) in [7, 11) is -0.529. The van der Waals surface area contributed by atoms with Crippen LogP contribution >= 0.6 is 35.1 Å². The van der Waals surface area contributed by atoms with Gasteiger partial charge in [-0.25, -0.2) is 0 Å². The van der Waals surface area contributed by atoms with Gasteiger partial charge in [0, 0.05) is 29.7 Å². The predicted octanol–water partition coefficient (Wildman–Crippen LogP) is 7.95. The molecular weight excluding hydrogens is 535 g/mol. The van der Waals surface area contributed by atoms with Gasteiger partial charge >= 0.3 is 0 Å². The standard InChI is InChI=1S/C33H38NP3S/c1-4-13-30(14-5-1)35-21-11-23-36(31-15-6-2-7-16-31)25-20-34-29(27-33-19-10-26-38-33)28-37(24-12-22-35)32-17-8-3-9-18-32/h1-10,13-19,26H,11-12,20-25,27-28H2. The molecule has 0 N–H and O–H groups in total. The number of hydrogen-bond acceptors (Lipinski definition) is 2. The Kier molecular flexibility index (Phi) is 11.1. The molecule has 0 saturated heterocycles. The van der Waals surface area contributed by atoms with Gasteiger partial charge in [-0.05, 0) is 71.0 Å². The molecule has 0 aliphatic carbocycles. The van der Waals surface area contributed by atoms with Gasteiger partial charge in [0.15, 0.2) is 0 Å². The highest BCUT2D eigenvalue weighted by atomic mass is 32.1. The van der Waals surface area contributed by atoms with Crippen molar-refractivity contribution in [3.63, 3.8) is 0 Å². The third kappa shape index (κ3) is 8.41. The number of nitrogens with zero attached hydrogens (tertiary/aromatic N) is 1. The van der Waals surface area contributed by atoms with Gasteiger partial charge in [0.1, 0.15) is 0 Å². The van der Waals surface area contributed by atoms with E-state index in [1.807, 2.05) is 11.3 Å². The first kappa shape index (κ1) is 27.9. The van der Waals surface area contributed by atoms with E-state index in [0.29, 0.717) is 0 Å². The van der Waals surface area contributed by atoms with E-state index in [4.69, 9.17) is 4.99 Å². The molecule has 3 unspecified atom stereocenters. The number of thiophene rings is 1. The van der Waals surface area contributed by atoms with E-state index in [-0.39, 0.29) is 23.8 Å². The third-order valence-electron chi connectivity index (χ3n) is 7.11. The predicted molar refractivity (Wildman–Crippen MR) is 178 cm³/mol. The van der Waals surface area contributed by atoms with Gasteiger partial charge in [0.2, 0.25) is 0 Å². The highest BCUT2D eigenvalue weighted by Gasteiger charge is 2.19. The maximum absolute atomic E-state index is 5.36. The lowest BCUT2D eigenvalue weighted by molar-refractivity contribution is 1.05. The van der Waals surface area contributed by atoms with Crippen LogP contribution in [0.2, 0.25) is 0 Å². The Bertz CT molecular complexity index is 1230. The smallest absolute Gasteiger partial charge is 0.0431 e. The Balaban J connectivity index is 1.42. The average molecular weight is 574 g/mol. The van der Waals surface area contributed by atoms with Crippen LogP contribution in [0.15, 0.2) is 114 Å². The molecule has 1 aliphatic heterocycles. The van der Waals surface area contributed by atoms with E-state index < -0.39 is 0 Å². The molecular formula is C33H38NP3S. The minimum Gasteiger partial charge on any atom is -0.293 e. The van der Waals surface area contributed by atoms with Gasteiger partial charge in [-0.2, -0.15) is 0 Å². The topological polar surface area (TPSA) is 12.4 Å². The molecule has 0 spiro atoms. The summed E-state index contributed by atoms with van der Waals surface area (Å²) in [6, 6.07) is 38.6. The molecule has 38 heavy (non-hydrogen) atoms. The molecule has 0 fully saturated rings. The summed E-state index contributed by atoms with van der Waals surface area (Å²) < 4.78 is 0. The summed E-state index contributed by atoms with van der Waals surface area (Å²) in [4.78, 5) is 6.81. The van der Waals surface area contributed by atoms with Crippen LogP contribution in [0, 0.1) is 0 Å². The van der Waals surface area contributed by atoms with Crippen molar-refractivity contribution in [3.8, 4) is 0 Å². The largest absolute Gasteiger partial charge is 0.293 e. The highest BCUT2D eigenvalue weighted by molar-refractivity contribution is 7.67. The molecule has 196 valence electrons. The lowest BCUT2D eigenvalue weighted by atomic mass is 10.2. The molecule has 0 radical (unpaired) electrons. The van der Waals surface area contributed by atoms with Crippen LogP contribution in [-0.2, 0) is 6.42 Å². The van der Waals surface area contributed by atoms with Crippen molar-refractivity contribution in [1.82, 2.24) is 0 Å². The molecule has 2 heterocycles. The summed E-state index contributed by atoms with van der Waals surface area (Å²) in [5, 5.41) is 6.91. The van der Waals surface area contributed by atoms with Crippen molar-refractivity contribution < 1.29 is 0 Å². The zero-order valence-corrected chi connectivity index (χ0v) is 25.7. The fraction of sp³-hybridized carbons (Fsp3) is 0.303. The molecule has 0 bridgehead atoms. The number of aliphatic imine (C=N–C) groups is 1. The molecule has 1 aliphatic rings. The van der Waals surface area contributed by atoms with Crippen molar-refractivity contribution >= 4 is 56.7 Å². The van der Waals surface area contributed by atoms with Crippen molar-refractivity contribution in [3.05, 3.63) is 113 Å². The first-order chi connectivity index (χ1) is 18.8. The summed E-state index contributed by atoms with van der Waals surface area (Å²) in [6.07, 6.45) is 11.4. The summed E-state index contributed by atoms with van der Waals surface area (Å²) in [6.45, 7) is 0.965. The van der Waals surface area contributed by atoms with Gasteiger partial charge < -0.3 is 0 Å². The van der Waals surface area contributed by atoms with Gasteiger partial charge in [-0.3, -0.25) is 4.99 Å². The second kappa shape index (κ2) is 15.2. The first-order valence-electron chi connectivity index (χ1n) is 13.8. The number of benzene rings is 3. The third-order valence-corrected chi connectivity index (χ3v) is 16.0. The van der Waals surface area contributed by atoms with Crippen LogP contribution in [0.1, 0.15) is 17.7 Å². The van der Waals surface area contributed by atoms with Crippen LogP contribution in [0.25, 0.3) is 0 Å². The molecule has 5 heteroatoms. The van der Waals surface area contributed by atoms with E-state index in [9.17, 15) is 0 Å². The summed E-state index contributed by atoms with van der Waals surface area (Å²) >= 11 is 1.88. The Labute approximate surface area is 237 Å². The lowest BCUT2D eigenvalue weighted by Gasteiger charge is -2.24. The molecule has 0 saturated carbocycles. The summed E-state index contributed by atoms with van der Waals surface area (Å²) in [5.74, 6) is 0. The van der Waals surface area contributed by atoms with E-state index >= 15 is 0 Å². The minimum atomic E-state index is -0.250. The van der Waals surface area contributed by atoms with Crippen molar-refractivity contribution in [2.24, 2.45) is 4.99 Å². The van der Waals surface area contributed by atoms with Crippen molar-refractivity contribution in [2.45, 2.75) is 19.3 Å². The fourth-order valence-corrected chi connectivity index (χ4v) is 13.4. The Hall–Kier alpha value is -1.68. The molecule has 1 nitrogen and oxygen atoms in total. The Morgan fingerprint density at radius 1 is 0.553 bits per heavy atom. The van der Waals surface area contributed by atoms with E-state index in [1.165, 1.54) is 54.2 Å². The Morgan fingerprint density at radius 2 is 1.05 bits per heavy atom. The van der Waals surface area contributed by atoms with E-state index in [2.05, 4.69) is 109 Å². The van der Waals surface area contributed by atoms with Crippen LogP contribution < -0.4 is 15.9 Å². The fourth-order valence-electron chi connectivity index (χ4n) is 5.19. The molecule has 0 amide bonds. The zero-order valence-electron chi connectivity index (χ0n) is 22.2. The van der Waals surface area contributed by atoms with E-state index in [1.54, 1.807) is 15.9 Å². The second-order valence-corrected chi connectivity index (χ2v) is 18.2. The SMILES string of the molecule is c1ccc(P2CCCP(c3ccccc3)CCN=C(Cc3cccs3)CP(c3ccccc3)CCC2)cc1. The van der Waals surface area contributed by atoms with Gasteiger partial charge in [-0.15, -0.1) is 11.3 Å². The minimum absolute atomic E-state index is 0.103. The van der Waals surface area contributed by atoms with Crippen molar-refractivity contribution in [1.29, 1.82) is 0 Å². The van der Waals surface area contributed by atoms with Gasteiger partial charge in [0.05, 0.1) is 0 Å². The number of rotatable bonds is 5. The lowest BCUT2D eigenvalue weighted by Crippen LogP contribution is -2.17. The normalized spacial score (nSPS) is 21.8. The monoisotopic (exact) mass is 573 g/mol. The maximum Gasteiger partial charge on any atom is 0.0431 e. The van der Waals surface area contributed by atoms with Crippen LogP contribution in [0.4, 0.5) is 0 Å². The van der Waals surface area contributed by atoms with Crippen molar-refractivity contribution in [2.75, 3.05) is 43.5 Å². The molecule has 4 aromatic rings.